The molecule has 0 bridgehead atoms. The maximum Gasteiger partial charge on any atom is 0.126 e. The second-order valence-electron chi connectivity index (χ2n) is 3.45. The molecular formula is C11H16FNO. The molecule has 1 atom stereocenters. The Morgan fingerprint density at radius 1 is 1.50 bits per heavy atom. The van der Waals surface area contributed by atoms with Crippen molar-refractivity contribution in [2.45, 2.75) is 19.9 Å². The molecule has 78 valence electrons. The number of aromatic hydroxyl groups is 1. The lowest BCUT2D eigenvalue weighted by Crippen LogP contribution is -2.21. The number of hydrogen-bond acceptors (Lipinski definition) is 2. The normalized spacial score (nSPS) is 13.2. The van der Waals surface area contributed by atoms with E-state index in [0.29, 0.717) is 0 Å². The number of benzene rings is 1. The fourth-order valence-electron chi connectivity index (χ4n) is 1.38. The number of rotatable bonds is 3. The number of phenols is 1. The fourth-order valence-corrected chi connectivity index (χ4v) is 1.38. The molecular weight excluding hydrogens is 181 g/mol. The van der Waals surface area contributed by atoms with Gasteiger partial charge in [-0.05, 0) is 26.6 Å². The Bertz CT molecular complexity index is 314. The van der Waals surface area contributed by atoms with Crippen LogP contribution in [0.2, 0.25) is 0 Å². The van der Waals surface area contributed by atoms with Crippen molar-refractivity contribution in [1.29, 1.82) is 0 Å². The van der Waals surface area contributed by atoms with Crippen molar-refractivity contribution in [2.24, 2.45) is 0 Å². The van der Waals surface area contributed by atoms with E-state index in [4.69, 9.17) is 0 Å². The van der Waals surface area contributed by atoms with Gasteiger partial charge in [0.15, 0.2) is 0 Å². The van der Waals surface area contributed by atoms with Gasteiger partial charge in [-0.25, -0.2) is 4.39 Å². The molecule has 14 heavy (non-hydrogen) atoms. The number of nitrogens with zero attached hydrogens (tertiary/aromatic N) is 1. The smallest absolute Gasteiger partial charge is 0.126 e. The van der Waals surface area contributed by atoms with Crippen LogP contribution in [0.1, 0.15) is 25.5 Å². The first-order valence-corrected chi connectivity index (χ1v) is 4.75. The summed E-state index contributed by atoms with van der Waals surface area (Å²) in [5.74, 6) is -0.379. The third-order valence-electron chi connectivity index (χ3n) is 2.60. The predicted octanol–water partition coefficient (Wildman–Crippen LogP) is 2.54. The van der Waals surface area contributed by atoms with Crippen molar-refractivity contribution >= 4 is 0 Å². The van der Waals surface area contributed by atoms with Crippen LogP contribution in [-0.2, 0) is 0 Å². The molecule has 0 saturated carbocycles. The summed E-state index contributed by atoms with van der Waals surface area (Å²) in [5.41, 5.74) is 0.760. The SMILES string of the molecule is CCN(C)C(C)c1ccc(F)cc1O. The lowest BCUT2D eigenvalue weighted by atomic mass is 10.1. The highest BCUT2D eigenvalue weighted by Gasteiger charge is 2.13. The standard InChI is InChI=1S/C11H16FNO/c1-4-13(3)8(2)10-6-5-9(12)7-11(10)14/h5-8,14H,4H2,1-3H3. The van der Waals surface area contributed by atoms with E-state index in [-0.39, 0.29) is 11.8 Å². The van der Waals surface area contributed by atoms with Crippen LogP contribution >= 0.6 is 0 Å². The molecule has 0 aliphatic heterocycles. The Balaban J connectivity index is 2.95. The molecule has 0 fully saturated rings. The summed E-state index contributed by atoms with van der Waals surface area (Å²) in [4.78, 5) is 2.08. The maximum atomic E-state index is 12.7. The lowest BCUT2D eigenvalue weighted by molar-refractivity contribution is 0.269. The van der Waals surface area contributed by atoms with Crippen molar-refractivity contribution in [1.82, 2.24) is 4.90 Å². The van der Waals surface area contributed by atoms with Crippen molar-refractivity contribution < 1.29 is 9.50 Å². The molecule has 0 radical (unpaired) electrons. The minimum atomic E-state index is -0.405. The summed E-state index contributed by atoms with van der Waals surface area (Å²) in [6.45, 7) is 4.91. The van der Waals surface area contributed by atoms with E-state index >= 15 is 0 Å². The van der Waals surface area contributed by atoms with Gasteiger partial charge < -0.3 is 5.11 Å². The quantitative estimate of drug-likeness (QED) is 0.805. The van der Waals surface area contributed by atoms with E-state index in [1.807, 2.05) is 20.9 Å². The zero-order valence-electron chi connectivity index (χ0n) is 8.79. The Labute approximate surface area is 84.0 Å². The summed E-state index contributed by atoms with van der Waals surface area (Å²) in [7, 11) is 1.97. The largest absolute Gasteiger partial charge is 0.508 e. The molecule has 1 aromatic carbocycles. The summed E-state index contributed by atoms with van der Waals surface area (Å²) >= 11 is 0. The molecule has 2 nitrogen and oxygen atoms in total. The Morgan fingerprint density at radius 2 is 2.14 bits per heavy atom. The molecule has 0 aliphatic rings. The van der Waals surface area contributed by atoms with E-state index in [9.17, 15) is 9.50 Å². The zero-order valence-corrected chi connectivity index (χ0v) is 8.79. The van der Waals surface area contributed by atoms with Gasteiger partial charge in [0.1, 0.15) is 11.6 Å². The number of hydrogen-bond donors (Lipinski definition) is 1. The van der Waals surface area contributed by atoms with Gasteiger partial charge in [0.05, 0.1) is 0 Å². The Kier molecular flexibility index (Phi) is 3.47. The van der Waals surface area contributed by atoms with Gasteiger partial charge in [0, 0.05) is 17.7 Å². The highest BCUT2D eigenvalue weighted by molar-refractivity contribution is 5.34. The molecule has 0 aromatic heterocycles. The topological polar surface area (TPSA) is 23.5 Å². The first-order chi connectivity index (χ1) is 6.56. The molecule has 1 rings (SSSR count). The molecule has 1 aromatic rings. The molecule has 1 unspecified atom stereocenters. The molecule has 0 heterocycles. The third kappa shape index (κ3) is 2.23. The third-order valence-corrected chi connectivity index (χ3v) is 2.60. The number of phenolic OH excluding ortho intramolecular Hbond substituents is 1. The summed E-state index contributed by atoms with van der Waals surface area (Å²) in [6, 6.07) is 4.24. The fraction of sp³-hybridized carbons (Fsp3) is 0.455. The van der Waals surface area contributed by atoms with E-state index in [1.165, 1.54) is 6.07 Å². The molecule has 0 saturated heterocycles. The summed E-state index contributed by atoms with van der Waals surface area (Å²) < 4.78 is 12.7. The second kappa shape index (κ2) is 4.42. The van der Waals surface area contributed by atoms with Crippen LogP contribution in [0.15, 0.2) is 18.2 Å². The van der Waals surface area contributed by atoms with Crippen LogP contribution < -0.4 is 0 Å². The number of halogens is 1. The van der Waals surface area contributed by atoms with E-state index in [1.54, 1.807) is 6.07 Å². The van der Waals surface area contributed by atoms with Gasteiger partial charge in [-0.1, -0.05) is 13.0 Å². The molecule has 3 heteroatoms. The predicted molar refractivity (Wildman–Crippen MR) is 54.8 cm³/mol. The first kappa shape index (κ1) is 11.0. The van der Waals surface area contributed by atoms with Crippen LogP contribution in [0.25, 0.3) is 0 Å². The minimum Gasteiger partial charge on any atom is -0.508 e. The van der Waals surface area contributed by atoms with Gasteiger partial charge >= 0.3 is 0 Å². The molecule has 0 amide bonds. The van der Waals surface area contributed by atoms with E-state index in [2.05, 4.69) is 4.90 Å². The Hall–Kier alpha value is -1.09. The van der Waals surface area contributed by atoms with Crippen molar-refractivity contribution in [3.8, 4) is 5.75 Å². The van der Waals surface area contributed by atoms with Crippen molar-refractivity contribution in [3.05, 3.63) is 29.6 Å². The summed E-state index contributed by atoms with van der Waals surface area (Å²) in [6.07, 6.45) is 0. The molecule has 0 aliphatic carbocycles. The maximum absolute atomic E-state index is 12.7. The average molecular weight is 197 g/mol. The van der Waals surface area contributed by atoms with E-state index in [0.717, 1.165) is 18.2 Å². The molecule has 1 N–H and O–H groups in total. The second-order valence-corrected chi connectivity index (χ2v) is 3.45. The van der Waals surface area contributed by atoms with Gasteiger partial charge in [0.2, 0.25) is 0 Å². The average Bonchev–Trinajstić information content (AvgIpc) is 2.15. The van der Waals surface area contributed by atoms with Crippen LogP contribution in [0.4, 0.5) is 4.39 Å². The lowest BCUT2D eigenvalue weighted by Gasteiger charge is -2.23. The highest BCUT2D eigenvalue weighted by Crippen LogP contribution is 2.27. The van der Waals surface area contributed by atoms with Gasteiger partial charge in [-0.3, -0.25) is 4.90 Å². The van der Waals surface area contributed by atoms with Crippen LogP contribution in [-0.4, -0.2) is 23.6 Å². The summed E-state index contributed by atoms with van der Waals surface area (Å²) in [5, 5.41) is 9.54. The zero-order chi connectivity index (χ0) is 10.7. The van der Waals surface area contributed by atoms with Crippen LogP contribution in [0.5, 0.6) is 5.75 Å². The van der Waals surface area contributed by atoms with Crippen LogP contribution in [0, 0.1) is 5.82 Å². The van der Waals surface area contributed by atoms with Gasteiger partial charge in [-0.15, -0.1) is 0 Å². The van der Waals surface area contributed by atoms with Gasteiger partial charge in [-0.2, -0.15) is 0 Å². The monoisotopic (exact) mass is 197 g/mol. The Morgan fingerprint density at radius 3 is 2.64 bits per heavy atom. The molecule has 0 spiro atoms. The minimum absolute atomic E-state index is 0.0257. The van der Waals surface area contributed by atoms with Gasteiger partial charge in [0.25, 0.3) is 0 Å². The van der Waals surface area contributed by atoms with Crippen molar-refractivity contribution in [2.75, 3.05) is 13.6 Å². The highest BCUT2D eigenvalue weighted by atomic mass is 19.1. The van der Waals surface area contributed by atoms with Crippen molar-refractivity contribution in [3.63, 3.8) is 0 Å². The first-order valence-electron chi connectivity index (χ1n) is 4.75. The van der Waals surface area contributed by atoms with E-state index < -0.39 is 5.82 Å². The van der Waals surface area contributed by atoms with Crippen LogP contribution in [0.3, 0.4) is 0 Å².